The van der Waals surface area contributed by atoms with Crippen molar-refractivity contribution in [2.45, 2.75) is 38.8 Å². The van der Waals surface area contributed by atoms with Gasteiger partial charge in [0.15, 0.2) is 0 Å². The molecule has 0 spiro atoms. The number of fused-ring (bicyclic) bond motifs is 2. The summed E-state index contributed by atoms with van der Waals surface area (Å²) in [5.74, 6) is 0.992. The number of aryl methyl sites for hydroxylation is 1. The molecule has 5 aromatic rings. The van der Waals surface area contributed by atoms with Crippen molar-refractivity contribution < 1.29 is 8.78 Å². The van der Waals surface area contributed by atoms with Crippen LogP contribution in [0.5, 0.6) is 0 Å². The molecule has 0 amide bonds. The van der Waals surface area contributed by atoms with Gasteiger partial charge in [0, 0.05) is 42.9 Å². The van der Waals surface area contributed by atoms with Crippen molar-refractivity contribution in [1.29, 1.82) is 0 Å². The lowest BCUT2D eigenvalue weighted by atomic mass is 10.1. The van der Waals surface area contributed by atoms with Crippen molar-refractivity contribution in [3.8, 4) is 22.6 Å². The van der Waals surface area contributed by atoms with Gasteiger partial charge in [-0.25, -0.2) is 23.7 Å². The quantitative estimate of drug-likeness (QED) is 0.297. The summed E-state index contributed by atoms with van der Waals surface area (Å²) in [6.45, 7) is 3.47. The standard InChI is InChI=1S/C28H26F2N6/c1-2-14-31-28-32-15-12-23(33-28)27-25(18-6-8-20(29)9-7-18)34-24-11-10-21(36(24)27)17-35-16-13-19-4-3-5-22(30)26(19)35/h3-9,12-13,15-16,21H,2,10-11,14,17H2,1H3,(H,31,32,33). The van der Waals surface area contributed by atoms with Gasteiger partial charge in [-0.05, 0) is 55.3 Å². The van der Waals surface area contributed by atoms with E-state index in [4.69, 9.17) is 9.97 Å². The summed E-state index contributed by atoms with van der Waals surface area (Å²) in [7, 11) is 0. The van der Waals surface area contributed by atoms with Crippen molar-refractivity contribution in [1.82, 2.24) is 24.1 Å². The summed E-state index contributed by atoms with van der Waals surface area (Å²) < 4.78 is 32.6. The van der Waals surface area contributed by atoms with Crippen molar-refractivity contribution in [2.75, 3.05) is 11.9 Å². The van der Waals surface area contributed by atoms with E-state index in [1.165, 1.54) is 18.2 Å². The monoisotopic (exact) mass is 484 g/mol. The summed E-state index contributed by atoms with van der Waals surface area (Å²) in [5, 5.41) is 4.14. The number of nitrogens with one attached hydrogen (secondary N) is 1. The molecule has 1 aliphatic heterocycles. The molecular formula is C28H26F2N6. The largest absolute Gasteiger partial charge is 0.354 e. The number of hydrogen-bond acceptors (Lipinski definition) is 4. The molecule has 4 heterocycles. The second-order valence-corrected chi connectivity index (χ2v) is 9.13. The van der Waals surface area contributed by atoms with Crippen LogP contribution in [0.1, 0.15) is 31.6 Å². The molecule has 8 heteroatoms. The first-order valence-corrected chi connectivity index (χ1v) is 12.3. The summed E-state index contributed by atoms with van der Waals surface area (Å²) in [5.41, 5.74) is 3.82. The molecule has 0 bridgehead atoms. The molecule has 0 saturated heterocycles. The third-order valence-electron chi connectivity index (χ3n) is 6.75. The molecule has 2 aromatic carbocycles. The smallest absolute Gasteiger partial charge is 0.223 e. The number of hydrogen-bond donors (Lipinski definition) is 1. The molecule has 0 radical (unpaired) electrons. The van der Waals surface area contributed by atoms with Crippen LogP contribution in [0.2, 0.25) is 0 Å². The van der Waals surface area contributed by atoms with Crippen LogP contribution in [0.3, 0.4) is 0 Å². The normalized spacial score (nSPS) is 14.9. The van der Waals surface area contributed by atoms with Gasteiger partial charge < -0.3 is 14.5 Å². The Morgan fingerprint density at radius 3 is 2.72 bits per heavy atom. The first-order chi connectivity index (χ1) is 17.6. The maximum absolute atomic E-state index is 14.7. The van der Waals surface area contributed by atoms with Crippen molar-refractivity contribution in [3.05, 3.63) is 84.4 Å². The molecule has 6 rings (SSSR count). The first kappa shape index (κ1) is 22.4. The minimum absolute atomic E-state index is 0.0638. The lowest BCUT2D eigenvalue weighted by Crippen LogP contribution is -2.14. The maximum Gasteiger partial charge on any atom is 0.223 e. The fraction of sp³-hybridized carbons (Fsp3) is 0.250. The van der Waals surface area contributed by atoms with Crippen LogP contribution < -0.4 is 5.32 Å². The summed E-state index contributed by atoms with van der Waals surface area (Å²) in [6, 6.07) is 15.4. The minimum Gasteiger partial charge on any atom is -0.354 e. The summed E-state index contributed by atoms with van der Waals surface area (Å²) >= 11 is 0. The van der Waals surface area contributed by atoms with Crippen LogP contribution in [0.15, 0.2) is 67.0 Å². The Balaban J connectivity index is 1.47. The second kappa shape index (κ2) is 9.18. The van der Waals surface area contributed by atoms with Crippen molar-refractivity contribution >= 4 is 16.9 Å². The predicted octanol–water partition coefficient (Wildman–Crippen LogP) is 6.25. The Morgan fingerprint density at radius 2 is 1.89 bits per heavy atom. The van der Waals surface area contributed by atoms with Crippen molar-refractivity contribution in [3.63, 3.8) is 0 Å². The molecule has 0 fully saturated rings. The maximum atomic E-state index is 14.7. The van der Waals surface area contributed by atoms with Crippen LogP contribution in [0.25, 0.3) is 33.5 Å². The highest BCUT2D eigenvalue weighted by Gasteiger charge is 2.31. The average Bonchev–Trinajstić information content (AvgIpc) is 3.59. The van der Waals surface area contributed by atoms with Gasteiger partial charge in [-0.1, -0.05) is 19.1 Å². The zero-order valence-corrected chi connectivity index (χ0v) is 20.0. The van der Waals surface area contributed by atoms with E-state index < -0.39 is 0 Å². The highest BCUT2D eigenvalue weighted by molar-refractivity contribution is 5.81. The third-order valence-corrected chi connectivity index (χ3v) is 6.75. The Hall–Kier alpha value is -4.07. The second-order valence-electron chi connectivity index (χ2n) is 9.13. The van der Waals surface area contributed by atoms with E-state index in [2.05, 4.69) is 21.8 Å². The van der Waals surface area contributed by atoms with E-state index in [0.29, 0.717) is 18.0 Å². The molecule has 0 aliphatic carbocycles. The number of halogens is 2. The van der Waals surface area contributed by atoms with Gasteiger partial charge in [0.2, 0.25) is 5.95 Å². The van der Waals surface area contributed by atoms with Gasteiger partial charge in [-0.3, -0.25) is 0 Å². The molecule has 3 aromatic heterocycles. The van der Waals surface area contributed by atoms with Gasteiger partial charge in [0.1, 0.15) is 17.5 Å². The molecule has 1 atom stereocenters. The van der Waals surface area contributed by atoms with E-state index in [1.807, 2.05) is 29.0 Å². The lowest BCUT2D eigenvalue weighted by molar-refractivity contribution is 0.456. The summed E-state index contributed by atoms with van der Waals surface area (Å²) in [4.78, 5) is 14.2. The van der Waals surface area contributed by atoms with E-state index in [0.717, 1.165) is 59.7 Å². The van der Waals surface area contributed by atoms with Crippen molar-refractivity contribution in [2.24, 2.45) is 0 Å². The van der Waals surface area contributed by atoms with Gasteiger partial charge >= 0.3 is 0 Å². The molecule has 6 nitrogen and oxygen atoms in total. The minimum atomic E-state index is -0.292. The molecular weight excluding hydrogens is 458 g/mol. The number of imidazole rings is 1. The third kappa shape index (κ3) is 3.92. The fourth-order valence-electron chi connectivity index (χ4n) is 5.11. The zero-order valence-electron chi connectivity index (χ0n) is 20.0. The molecule has 1 N–H and O–H groups in total. The number of nitrogens with zero attached hydrogens (tertiary/aromatic N) is 5. The van der Waals surface area contributed by atoms with E-state index in [9.17, 15) is 8.78 Å². The molecule has 36 heavy (non-hydrogen) atoms. The van der Waals surface area contributed by atoms with Gasteiger partial charge in [0.05, 0.1) is 28.6 Å². The van der Waals surface area contributed by atoms with Gasteiger partial charge in [-0.2, -0.15) is 0 Å². The zero-order chi connectivity index (χ0) is 24.6. The molecule has 182 valence electrons. The van der Waals surface area contributed by atoms with Crippen LogP contribution >= 0.6 is 0 Å². The van der Waals surface area contributed by atoms with E-state index in [-0.39, 0.29) is 17.7 Å². The van der Waals surface area contributed by atoms with E-state index in [1.54, 1.807) is 24.4 Å². The number of para-hydroxylation sites is 1. The van der Waals surface area contributed by atoms with Crippen LogP contribution in [-0.2, 0) is 13.0 Å². The summed E-state index contributed by atoms with van der Waals surface area (Å²) in [6.07, 6.45) is 6.33. The highest BCUT2D eigenvalue weighted by atomic mass is 19.1. The SMILES string of the molecule is CCCNc1nccc(-c2c(-c3ccc(F)cc3)nc3n2C(Cn2ccc4cccc(F)c42)CC3)n1. The average molecular weight is 485 g/mol. The number of benzene rings is 2. The molecule has 0 saturated carbocycles. The van der Waals surface area contributed by atoms with Crippen LogP contribution in [0, 0.1) is 11.6 Å². The lowest BCUT2D eigenvalue weighted by Gasteiger charge is -2.19. The Bertz CT molecular complexity index is 1540. The number of rotatable bonds is 7. The molecule has 1 aliphatic rings. The van der Waals surface area contributed by atoms with E-state index >= 15 is 0 Å². The Labute approximate surface area is 207 Å². The fourth-order valence-corrected chi connectivity index (χ4v) is 5.11. The van der Waals surface area contributed by atoms with Gasteiger partial charge in [-0.15, -0.1) is 0 Å². The molecule has 1 unspecified atom stereocenters. The number of anilines is 1. The number of aromatic nitrogens is 5. The Kier molecular flexibility index (Phi) is 5.71. The first-order valence-electron chi connectivity index (χ1n) is 12.3. The van der Waals surface area contributed by atoms with Crippen LogP contribution in [0.4, 0.5) is 14.7 Å². The van der Waals surface area contributed by atoms with Crippen LogP contribution in [-0.4, -0.2) is 30.6 Å². The highest BCUT2D eigenvalue weighted by Crippen LogP contribution is 2.40. The topological polar surface area (TPSA) is 60.6 Å². The predicted molar refractivity (Wildman–Crippen MR) is 137 cm³/mol. The van der Waals surface area contributed by atoms with Gasteiger partial charge in [0.25, 0.3) is 0 Å². The Morgan fingerprint density at radius 1 is 1.03 bits per heavy atom.